The van der Waals surface area contributed by atoms with Gasteiger partial charge >= 0.3 is 5.97 Å². The van der Waals surface area contributed by atoms with Crippen molar-refractivity contribution in [3.05, 3.63) is 17.3 Å². The highest BCUT2D eigenvalue weighted by Crippen LogP contribution is 2.32. The maximum Gasteiger partial charge on any atom is 0.360 e. The second-order valence-electron chi connectivity index (χ2n) is 3.04. The summed E-state index contributed by atoms with van der Waals surface area (Å²) in [6, 6.07) is 0.965. The maximum atomic E-state index is 12.7. The molecule has 17 heavy (non-hydrogen) atoms. The van der Waals surface area contributed by atoms with Crippen LogP contribution in [0.25, 0.3) is 0 Å². The summed E-state index contributed by atoms with van der Waals surface area (Å²) in [7, 11) is 1.17. The van der Waals surface area contributed by atoms with E-state index in [1.807, 2.05) is 0 Å². The molecular formula is C10H12F2N2O3. The molecule has 94 valence electrons. The number of nitrogen functional groups attached to an aromatic ring is 1. The van der Waals surface area contributed by atoms with Crippen LogP contribution >= 0.6 is 0 Å². The van der Waals surface area contributed by atoms with E-state index in [1.54, 1.807) is 6.92 Å². The van der Waals surface area contributed by atoms with E-state index < -0.39 is 18.0 Å². The molecule has 2 N–H and O–H groups in total. The Hall–Kier alpha value is -1.92. The van der Waals surface area contributed by atoms with Gasteiger partial charge in [-0.1, -0.05) is 0 Å². The summed E-state index contributed by atoms with van der Waals surface area (Å²) in [5, 5.41) is 0. The SMILES string of the molecule is CCOC(=O)c1nc(N)cc(C(F)F)c1OC. The molecule has 7 heteroatoms. The molecule has 0 unspecified atom stereocenters. The summed E-state index contributed by atoms with van der Waals surface area (Å²) in [6.07, 6.45) is -2.82. The van der Waals surface area contributed by atoms with E-state index in [4.69, 9.17) is 10.5 Å². The molecule has 0 saturated heterocycles. The topological polar surface area (TPSA) is 74.4 Å². The van der Waals surface area contributed by atoms with Crippen LogP contribution in [0, 0.1) is 0 Å². The monoisotopic (exact) mass is 246 g/mol. The van der Waals surface area contributed by atoms with Crippen molar-refractivity contribution in [1.29, 1.82) is 0 Å². The number of aromatic nitrogens is 1. The van der Waals surface area contributed by atoms with Gasteiger partial charge in [0.1, 0.15) is 5.82 Å². The molecule has 0 aromatic carbocycles. The van der Waals surface area contributed by atoms with E-state index >= 15 is 0 Å². The number of nitrogens with zero attached hydrogens (tertiary/aromatic N) is 1. The predicted octanol–water partition coefficient (Wildman–Crippen LogP) is 1.79. The zero-order valence-electron chi connectivity index (χ0n) is 9.37. The highest BCUT2D eigenvalue weighted by molar-refractivity contribution is 5.91. The number of rotatable bonds is 4. The third kappa shape index (κ3) is 2.80. The molecule has 1 aromatic rings. The summed E-state index contributed by atoms with van der Waals surface area (Å²) in [5.41, 5.74) is 4.52. The standard InChI is InChI=1S/C10H12F2N2O3/c1-3-17-10(15)7-8(16-2)5(9(11)12)4-6(13)14-7/h4,9H,3H2,1-2H3,(H2,13,14). The molecule has 1 rings (SSSR count). The summed E-state index contributed by atoms with van der Waals surface area (Å²) < 4.78 is 34.9. The molecule has 1 heterocycles. The van der Waals surface area contributed by atoms with Crippen molar-refractivity contribution < 1.29 is 23.0 Å². The summed E-state index contributed by atoms with van der Waals surface area (Å²) in [6.45, 7) is 1.69. The smallest absolute Gasteiger partial charge is 0.360 e. The lowest BCUT2D eigenvalue weighted by Crippen LogP contribution is -2.12. The Morgan fingerprint density at radius 1 is 1.59 bits per heavy atom. The number of esters is 1. The molecule has 0 radical (unpaired) electrons. The van der Waals surface area contributed by atoms with E-state index in [9.17, 15) is 13.6 Å². The van der Waals surface area contributed by atoms with Crippen LogP contribution < -0.4 is 10.5 Å². The fourth-order valence-corrected chi connectivity index (χ4v) is 1.29. The minimum atomic E-state index is -2.82. The van der Waals surface area contributed by atoms with Crippen LogP contribution in [0.15, 0.2) is 6.07 Å². The first-order chi connectivity index (χ1) is 8.01. The van der Waals surface area contributed by atoms with Gasteiger partial charge in [0.15, 0.2) is 11.4 Å². The number of carbonyl (C=O) groups is 1. The molecule has 0 atom stereocenters. The van der Waals surface area contributed by atoms with Crippen molar-refractivity contribution in [2.24, 2.45) is 0 Å². The minimum Gasteiger partial charge on any atom is -0.494 e. The lowest BCUT2D eigenvalue weighted by Gasteiger charge is -2.12. The number of nitrogens with two attached hydrogens (primary N) is 1. The number of alkyl halides is 2. The lowest BCUT2D eigenvalue weighted by molar-refractivity contribution is 0.0514. The number of carbonyl (C=O) groups excluding carboxylic acids is 1. The average Bonchev–Trinajstić information content (AvgIpc) is 2.28. The second-order valence-corrected chi connectivity index (χ2v) is 3.04. The molecule has 0 aliphatic rings. The quantitative estimate of drug-likeness (QED) is 0.820. The molecule has 0 aliphatic heterocycles. The predicted molar refractivity (Wildman–Crippen MR) is 56.1 cm³/mol. The number of hydrogen-bond acceptors (Lipinski definition) is 5. The molecule has 0 aliphatic carbocycles. The number of pyridine rings is 1. The summed E-state index contributed by atoms with van der Waals surface area (Å²) in [5.74, 6) is -1.35. The largest absolute Gasteiger partial charge is 0.494 e. The number of halogens is 2. The second kappa shape index (κ2) is 5.42. The van der Waals surface area contributed by atoms with Gasteiger partial charge in [0.2, 0.25) is 0 Å². The molecule has 0 bridgehead atoms. The molecule has 0 amide bonds. The number of ether oxygens (including phenoxy) is 2. The highest BCUT2D eigenvalue weighted by atomic mass is 19.3. The first-order valence-electron chi connectivity index (χ1n) is 4.80. The van der Waals surface area contributed by atoms with Gasteiger partial charge in [-0.3, -0.25) is 0 Å². The lowest BCUT2D eigenvalue weighted by atomic mass is 10.2. The third-order valence-electron chi connectivity index (χ3n) is 1.93. The van der Waals surface area contributed by atoms with Crippen LogP contribution in [0.2, 0.25) is 0 Å². The summed E-state index contributed by atoms with van der Waals surface area (Å²) >= 11 is 0. The van der Waals surface area contributed by atoms with E-state index in [0.29, 0.717) is 0 Å². The van der Waals surface area contributed by atoms with Gasteiger partial charge in [-0.05, 0) is 13.0 Å². The minimum absolute atomic E-state index is 0.0997. The van der Waals surface area contributed by atoms with Crippen molar-refractivity contribution in [1.82, 2.24) is 4.98 Å². The van der Waals surface area contributed by atoms with Gasteiger partial charge in [0.05, 0.1) is 19.3 Å². The maximum absolute atomic E-state index is 12.7. The van der Waals surface area contributed by atoms with Crippen molar-refractivity contribution in [2.75, 3.05) is 19.5 Å². The van der Waals surface area contributed by atoms with Gasteiger partial charge in [-0.25, -0.2) is 18.6 Å². The van der Waals surface area contributed by atoms with E-state index in [1.165, 1.54) is 7.11 Å². The van der Waals surface area contributed by atoms with Crippen molar-refractivity contribution >= 4 is 11.8 Å². The fourth-order valence-electron chi connectivity index (χ4n) is 1.29. The van der Waals surface area contributed by atoms with Crippen molar-refractivity contribution in [3.63, 3.8) is 0 Å². The van der Waals surface area contributed by atoms with Crippen molar-refractivity contribution in [2.45, 2.75) is 13.3 Å². The Kier molecular flexibility index (Phi) is 4.19. The average molecular weight is 246 g/mol. The Morgan fingerprint density at radius 3 is 2.71 bits per heavy atom. The van der Waals surface area contributed by atoms with E-state index in [-0.39, 0.29) is 23.9 Å². The van der Waals surface area contributed by atoms with Crippen molar-refractivity contribution in [3.8, 4) is 5.75 Å². The Balaban J connectivity index is 3.32. The van der Waals surface area contributed by atoms with Crippen LogP contribution in [0.1, 0.15) is 29.4 Å². The van der Waals surface area contributed by atoms with E-state index in [0.717, 1.165) is 6.07 Å². The van der Waals surface area contributed by atoms with Crippen LogP contribution in [0.5, 0.6) is 5.75 Å². The Labute approximate surface area is 96.5 Å². The van der Waals surface area contributed by atoms with Gasteiger partial charge in [-0.2, -0.15) is 0 Å². The zero-order chi connectivity index (χ0) is 13.0. The number of methoxy groups -OCH3 is 1. The molecule has 0 spiro atoms. The molecule has 0 fully saturated rings. The van der Waals surface area contributed by atoms with Crippen LogP contribution in [0.3, 0.4) is 0 Å². The first-order valence-corrected chi connectivity index (χ1v) is 4.80. The van der Waals surface area contributed by atoms with E-state index in [2.05, 4.69) is 9.72 Å². The molecule has 0 saturated carbocycles. The molecule has 5 nitrogen and oxygen atoms in total. The van der Waals surface area contributed by atoms with Gasteiger partial charge in [0.25, 0.3) is 6.43 Å². The first kappa shape index (κ1) is 13.1. The molecular weight excluding hydrogens is 234 g/mol. The molecule has 1 aromatic heterocycles. The third-order valence-corrected chi connectivity index (χ3v) is 1.93. The Bertz CT molecular complexity index is 424. The zero-order valence-corrected chi connectivity index (χ0v) is 9.37. The normalized spacial score (nSPS) is 10.4. The van der Waals surface area contributed by atoms with Gasteiger partial charge in [0, 0.05) is 0 Å². The summed E-state index contributed by atoms with van der Waals surface area (Å²) in [4.78, 5) is 15.1. The van der Waals surface area contributed by atoms with Crippen LogP contribution in [0.4, 0.5) is 14.6 Å². The fraction of sp³-hybridized carbons (Fsp3) is 0.400. The Morgan fingerprint density at radius 2 is 2.24 bits per heavy atom. The van der Waals surface area contributed by atoms with Crippen LogP contribution in [-0.2, 0) is 4.74 Å². The van der Waals surface area contributed by atoms with Crippen LogP contribution in [-0.4, -0.2) is 24.7 Å². The number of hydrogen-bond donors (Lipinski definition) is 1. The number of anilines is 1. The highest BCUT2D eigenvalue weighted by Gasteiger charge is 2.24. The van der Waals surface area contributed by atoms with Gasteiger partial charge in [-0.15, -0.1) is 0 Å². The van der Waals surface area contributed by atoms with Gasteiger partial charge < -0.3 is 15.2 Å².